The zero-order valence-corrected chi connectivity index (χ0v) is 25.8. The Morgan fingerprint density at radius 3 is 2.60 bits per heavy atom. The van der Waals surface area contributed by atoms with E-state index in [0.717, 1.165) is 16.7 Å². The number of aromatic nitrogens is 4. The first-order valence-corrected chi connectivity index (χ1v) is 15.2. The van der Waals surface area contributed by atoms with E-state index in [0.29, 0.717) is 29.0 Å². The van der Waals surface area contributed by atoms with Gasteiger partial charge in [0, 0.05) is 24.6 Å². The Kier molecular flexibility index (Phi) is 8.15. The maximum absolute atomic E-state index is 15.3. The number of nitrogens with zero attached hydrogens (tertiary/aromatic N) is 5. The molecule has 4 aromatic carbocycles. The topological polar surface area (TPSA) is 137 Å². The zero-order chi connectivity index (χ0) is 33.4. The maximum Gasteiger partial charge on any atom is 0.335 e. The number of halogens is 2. The van der Waals surface area contributed by atoms with Crippen LogP contribution in [0.1, 0.15) is 38.7 Å². The van der Waals surface area contributed by atoms with Crippen LogP contribution in [0.5, 0.6) is 11.5 Å². The van der Waals surface area contributed by atoms with Crippen molar-refractivity contribution in [1.82, 2.24) is 25.1 Å². The lowest BCUT2D eigenvalue weighted by Gasteiger charge is -2.37. The number of amides is 1. The quantitative estimate of drug-likeness (QED) is 0.213. The second-order valence-electron chi connectivity index (χ2n) is 11.2. The number of Topliss-reactive ketones (excluding diaryl/α,β-unsaturated/α-hetero) is 1. The number of tetrazole rings is 1. The summed E-state index contributed by atoms with van der Waals surface area (Å²) < 4.78 is 27.6. The average molecular weight is 666 g/mol. The van der Waals surface area contributed by atoms with Gasteiger partial charge in [-0.3, -0.25) is 9.59 Å². The molecule has 11 nitrogen and oxygen atoms in total. The molecule has 240 valence electrons. The summed E-state index contributed by atoms with van der Waals surface area (Å²) in [5, 5.41) is 20.2. The smallest absolute Gasteiger partial charge is 0.335 e. The van der Waals surface area contributed by atoms with Crippen molar-refractivity contribution in [3.05, 3.63) is 124 Å². The monoisotopic (exact) mass is 665 g/mol. The first kappa shape index (κ1) is 30.8. The first-order valence-electron chi connectivity index (χ1n) is 14.9. The van der Waals surface area contributed by atoms with E-state index in [-0.39, 0.29) is 47.4 Å². The molecule has 1 unspecified atom stereocenters. The standard InChI is InChI=1S/C35H25ClFN5O6/c36-27-10-11-28(42-18-38-39-40-42)26(33(27)37)9-13-32(44)41-15-14-24-23(22-8-12-30-31(17-22)48-19-47-30)2-1-3-25(24)34(41)29(43)16-20-4-6-21(7-5-20)35(45)46/h1-13,17-18,34H,14-16,19H2,(H,45,46)/b13-9+. The van der Waals surface area contributed by atoms with Gasteiger partial charge in [0.1, 0.15) is 12.4 Å². The molecule has 1 N–H and O–H groups in total. The van der Waals surface area contributed by atoms with Crippen molar-refractivity contribution in [2.45, 2.75) is 18.9 Å². The molecule has 0 fully saturated rings. The van der Waals surface area contributed by atoms with E-state index in [2.05, 4.69) is 15.5 Å². The van der Waals surface area contributed by atoms with Crippen molar-refractivity contribution in [2.24, 2.45) is 0 Å². The van der Waals surface area contributed by atoms with E-state index in [1.165, 1.54) is 52.3 Å². The zero-order valence-electron chi connectivity index (χ0n) is 25.0. The van der Waals surface area contributed by atoms with E-state index in [9.17, 15) is 19.5 Å². The van der Waals surface area contributed by atoms with Gasteiger partial charge in [-0.05, 0) is 87.1 Å². The van der Waals surface area contributed by atoms with Gasteiger partial charge in [-0.25, -0.2) is 9.18 Å². The number of aromatic carboxylic acids is 1. The Labute approximate surface area is 277 Å². The predicted octanol–water partition coefficient (Wildman–Crippen LogP) is 5.50. The molecular formula is C35H25ClFN5O6. The van der Waals surface area contributed by atoms with Gasteiger partial charge < -0.3 is 19.5 Å². The van der Waals surface area contributed by atoms with Gasteiger partial charge in [-0.15, -0.1) is 5.10 Å². The van der Waals surface area contributed by atoms with Crippen molar-refractivity contribution >= 4 is 35.3 Å². The van der Waals surface area contributed by atoms with Crippen LogP contribution in [-0.2, 0) is 22.4 Å². The third-order valence-corrected chi connectivity index (χ3v) is 8.66. The molecule has 0 aliphatic carbocycles. The number of carboxylic acids is 1. The fraction of sp³-hybridized carbons (Fsp3) is 0.143. The van der Waals surface area contributed by atoms with Gasteiger partial charge in [-0.1, -0.05) is 48.0 Å². The summed E-state index contributed by atoms with van der Waals surface area (Å²) in [7, 11) is 0. The minimum atomic E-state index is -1.08. The molecule has 3 heterocycles. The van der Waals surface area contributed by atoms with E-state index in [4.69, 9.17) is 21.1 Å². The van der Waals surface area contributed by atoms with E-state index < -0.39 is 23.7 Å². The average Bonchev–Trinajstić information content (AvgIpc) is 3.81. The predicted molar refractivity (Wildman–Crippen MR) is 171 cm³/mol. The van der Waals surface area contributed by atoms with Gasteiger partial charge >= 0.3 is 5.97 Å². The molecule has 2 aliphatic rings. The van der Waals surface area contributed by atoms with Crippen LogP contribution >= 0.6 is 11.6 Å². The van der Waals surface area contributed by atoms with Crippen LogP contribution in [0.25, 0.3) is 22.9 Å². The number of ether oxygens (including phenoxy) is 2. The van der Waals surface area contributed by atoms with Crippen LogP contribution < -0.4 is 9.47 Å². The SMILES string of the molecule is O=C(O)c1ccc(CC(=O)C2c3cccc(-c4ccc5c(c4)OCO5)c3CCN2C(=O)/C=C/c2c(-n3cnnn3)ccc(Cl)c2F)cc1. The summed E-state index contributed by atoms with van der Waals surface area (Å²) >= 11 is 6.08. The summed E-state index contributed by atoms with van der Waals surface area (Å²) in [5.74, 6) is -1.36. The Bertz CT molecular complexity index is 2100. The van der Waals surface area contributed by atoms with Crippen LogP contribution in [0, 0.1) is 5.82 Å². The maximum atomic E-state index is 15.3. The van der Waals surface area contributed by atoms with Crippen molar-refractivity contribution in [3.8, 4) is 28.3 Å². The van der Waals surface area contributed by atoms with Gasteiger partial charge in [0.2, 0.25) is 12.7 Å². The third kappa shape index (κ3) is 5.77. The highest BCUT2D eigenvalue weighted by atomic mass is 35.5. The minimum absolute atomic E-state index is 0.00736. The Morgan fingerprint density at radius 2 is 1.83 bits per heavy atom. The number of fused-ring (bicyclic) bond motifs is 2. The lowest BCUT2D eigenvalue weighted by Crippen LogP contribution is -2.43. The molecule has 48 heavy (non-hydrogen) atoms. The first-order chi connectivity index (χ1) is 23.3. The molecule has 0 bridgehead atoms. The molecule has 2 aliphatic heterocycles. The number of hydrogen-bond acceptors (Lipinski definition) is 8. The van der Waals surface area contributed by atoms with Crippen LogP contribution in [-0.4, -0.2) is 61.2 Å². The molecule has 7 rings (SSSR count). The number of rotatable bonds is 8. The second-order valence-corrected chi connectivity index (χ2v) is 11.6. The molecule has 0 saturated heterocycles. The number of carbonyl (C=O) groups excluding carboxylic acids is 2. The van der Waals surface area contributed by atoms with E-state index in [1.54, 1.807) is 12.1 Å². The Hall–Kier alpha value is -5.88. The Morgan fingerprint density at radius 1 is 1.02 bits per heavy atom. The Balaban J connectivity index is 1.26. The van der Waals surface area contributed by atoms with Crippen molar-refractivity contribution in [3.63, 3.8) is 0 Å². The highest BCUT2D eigenvalue weighted by molar-refractivity contribution is 6.31. The number of carboxylic acid groups (broad SMARTS) is 1. The molecule has 0 saturated carbocycles. The molecule has 1 aromatic heterocycles. The fourth-order valence-corrected chi connectivity index (χ4v) is 6.25. The van der Waals surface area contributed by atoms with Crippen LogP contribution in [0.2, 0.25) is 5.02 Å². The molecule has 0 radical (unpaired) electrons. The highest BCUT2D eigenvalue weighted by Gasteiger charge is 2.36. The molecule has 13 heteroatoms. The number of carbonyl (C=O) groups is 3. The van der Waals surface area contributed by atoms with Crippen LogP contribution in [0.4, 0.5) is 4.39 Å². The van der Waals surface area contributed by atoms with Gasteiger partial charge in [-0.2, -0.15) is 4.68 Å². The number of ketones is 1. The van der Waals surface area contributed by atoms with E-state index in [1.807, 2.05) is 36.4 Å². The molecule has 0 spiro atoms. The normalized spacial score (nSPS) is 15.0. The summed E-state index contributed by atoms with van der Waals surface area (Å²) in [6, 6.07) is 19.2. The number of benzene rings is 4. The van der Waals surface area contributed by atoms with Crippen molar-refractivity contribution < 1.29 is 33.4 Å². The largest absolute Gasteiger partial charge is 0.478 e. The summed E-state index contributed by atoms with van der Waals surface area (Å²) in [6.45, 7) is 0.334. The van der Waals surface area contributed by atoms with Gasteiger partial charge in [0.25, 0.3) is 0 Å². The highest BCUT2D eigenvalue weighted by Crippen LogP contribution is 2.41. The molecule has 1 atom stereocenters. The molecular weight excluding hydrogens is 641 g/mol. The van der Waals surface area contributed by atoms with E-state index >= 15 is 4.39 Å². The lowest BCUT2D eigenvalue weighted by molar-refractivity contribution is -0.136. The number of hydrogen-bond donors (Lipinski definition) is 1. The third-order valence-electron chi connectivity index (χ3n) is 8.37. The second kappa shape index (κ2) is 12.7. The minimum Gasteiger partial charge on any atom is -0.478 e. The fourth-order valence-electron chi connectivity index (χ4n) is 6.09. The summed E-state index contributed by atoms with van der Waals surface area (Å²) in [6.07, 6.45) is 4.18. The van der Waals surface area contributed by atoms with Crippen LogP contribution in [0.15, 0.2) is 85.2 Å². The van der Waals surface area contributed by atoms with Crippen molar-refractivity contribution in [2.75, 3.05) is 13.3 Å². The van der Waals surface area contributed by atoms with Gasteiger partial charge in [0.15, 0.2) is 23.1 Å². The van der Waals surface area contributed by atoms with Gasteiger partial charge in [0.05, 0.1) is 16.3 Å². The summed E-state index contributed by atoms with van der Waals surface area (Å²) in [4.78, 5) is 40.9. The summed E-state index contributed by atoms with van der Waals surface area (Å²) in [5.41, 5.74) is 4.28. The van der Waals surface area contributed by atoms with Crippen LogP contribution in [0.3, 0.4) is 0 Å². The van der Waals surface area contributed by atoms with Crippen molar-refractivity contribution in [1.29, 1.82) is 0 Å². The molecule has 1 amide bonds. The lowest BCUT2D eigenvalue weighted by atomic mass is 9.83. The molecule has 5 aromatic rings.